The predicted molar refractivity (Wildman–Crippen MR) is 103 cm³/mol. The standard InChI is InChI=1S/2C7H5NO.C4H4O4.C3H4O2.3Na/c2*9-6-8-7-4-2-1-3-5-7;5-3(6)1-2-4(7)8;1-2-3(4)5;;;/h2*1-5H;1-2H,(H,5,6)(H,7,8);2H,1H2,(H,4,5);;;/q;;;;3*+1/p-3/b;;2-1-;;;;. The van der Waals surface area contributed by atoms with Gasteiger partial charge in [-0.25, -0.2) is 9.59 Å². The molecule has 0 fully saturated rings. The second-order valence-corrected chi connectivity index (χ2v) is 4.57. The van der Waals surface area contributed by atoms with Gasteiger partial charge in [-0.2, -0.15) is 9.98 Å². The summed E-state index contributed by atoms with van der Waals surface area (Å²) in [4.78, 5) is 54.1. The second-order valence-electron chi connectivity index (χ2n) is 4.57. The number of carbonyl (C=O) groups excluding carboxylic acids is 5. The Kier molecular flexibility index (Phi) is 38.6. The van der Waals surface area contributed by atoms with Gasteiger partial charge in [0.1, 0.15) is 0 Å². The van der Waals surface area contributed by atoms with E-state index in [2.05, 4.69) is 16.6 Å². The Morgan fingerprint density at radius 2 is 0.912 bits per heavy atom. The fourth-order valence-electron chi connectivity index (χ4n) is 1.25. The Bertz CT molecular complexity index is 889. The number of isocyanates is 2. The molecule has 0 aliphatic rings. The van der Waals surface area contributed by atoms with Gasteiger partial charge in [0.2, 0.25) is 12.2 Å². The Hall–Kier alpha value is -1.91. The number of hydrogen-bond donors (Lipinski definition) is 0. The fourth-order valence-corrected chi connectivity index (χ4v) is 1.25. The average molecular weight is 492 g/mol. The van der Waals surface area contributed by atoms with E-state index in [1.165, 1.54) is 12.2 Å². The average Bonchev–Trinajstić information content (AvgIpc) is 2.76. The summed E-state index contributed by atoms with van der Waals surface area (Å²) in [6.07, 6.45) is 4.41. The zero-order valence-corrected chi connectivity index (χ0v) is 24.9. The largest absolute Gasteiger partial charge is 1.00 e. The van der Waals surface area contributed by atoms with Gasteiger partial charge in [0.15, 0.2) is 0 Å². The molecule has 2 rings (SSSR count). The molecule has 160 valence electrons. The maximum Gasteiger partial charge on any atom is 1.00 e. The Morgan fingerprint density at radius 3 is 1.09 bits per heavy atom. The summed E-state index contributed by atoms with van der Waals surface area (Å²) in [5, 5.41) is 28.0. The number of carboxylic acid groups (broad SMARTS) is 3. The number of carboxylic acids is 3. The molecule has 0 aromatic heterocycles. The molecule has 0 heterocycles. The van der Waals surface area contributed by atoms with E-state index in [1.54, 1.807) is 24.3 Å². The van der Waals surface area contributed by atoms with Crippen LogP contribution in [-0.2, 0) is 24.0 Å². The summed E-state index contributed by atoms with van der Waals surface area (Å²) < 4.78 is 0. The van der Waals surface area contributed by atoms with Crippen molar-refractivity contribution >= 4 is 41.4 Å². The Morgan fingerprint density at radius 1 is 0.647 bits per heavy atom. The minimum Gasteiger partial charge on any atom is -0.545 e. The number of benzene rings is 2. The summed E-state index contributed by atoms with van der Waals surface area (Å²) in [5.74, 6) is -4.33. The first-order valence-corrected chi connectivity index (χ1v) is 7.96. The maximum atomic E-state index is 9.68. The zero-order valence-electron chi connectivity index (χ0n) is 18.9. The predicted octanol–water partition coefficient (Wildman–Crippen LogP) is -9.72. The van der Waals surface area contributed by atoms with Crippen molar-refractivity contribution in [3.63, 3.8) is 0 Å². The quantitative estimate of drug-likeness (QED) is 0.171. The van der Waals surface area contributed by atoms with Gasteiger partial charge in [-0.3, -0.25) is 0 Å². The first-order chi connectivity index (χ1) is 14.8. The van der Waals surface area contributed by atoms with Crippen LogP contribution in [0.3, 0.4) is 0 Å². The molecule has 0 spiro atoms. The van der Waals surface area contributed by atoms with E-state index in [4.69, 9.17) is 9.90 Å². The zero-order chi connectivity index (χ0) is 23.9. The molecule has 0 bridgehead atoms. The van der Waals surface area contributed by atoms with Crippen LogP contribution in [0.2, 0.25) is 0 Å². The van der Waals surface area contributed by atoms with Crippen molar-refractivity contribution in [2.24, 2.45) is 9.98 Å². The van der Waals surface area contributed by atoms with Gasteiger partial charge in [-0.05, 0) is 42.5 Å². The Balaban J connectivity index is -0.000000109. The van der Waals surface area contributed by atoms with Crippen molar-refractivity contribution < 1.29 is 128 Å². The van der Waals surface area contributed by atoms with Gasteiger partial charge < -0.3 is 29.7 Å². The van der Waals surface area contributed by atoms with E-state index in [1.807, 2.05) is 36.4 Å². The number of aliphatic carboxylic acids is 3. The van der Waals surface area contributed by atoms with Crippen molar-refractivity contribution in [2.45, 2.75) is 0 Å². The van der Waals surface area contributed by atoms with Crippen LogP contribution in [0.1, 0.15) is 0 Å². The molecule has 2 aromatic rings. The van der Waals surface area contributed by atoms with Crippen LogP contribution in [-0.4, -0.2) is 30.1 Å². The molecule has 0 unspecified atom stereocenters. The third-order valence-corrected chi connectivity index (χ3v) is 2.38. The van der Waals surface area contributed by atoms with Crippen LogP contribution in [0, 0.1) is 0 Å². The maximum absolute atomic E-state index is 9.68. The number of carbonyl (C=O) groups is 3. The molecule has 0 radical (unpaired) electrons. The van der Waals surface area contributed by atoms with Crippen LogP contribution < -0.4 is 104 Å². The first-order valence-electron chi connectivity index (χ1n) is 7.96. The smallest absolute Gasteiger partial charge is 0.545 e. The molecule has 0 aliphatic carbocycles. The molecule has 0 saturated heterocycles. The molecule has 13 heteroatoms. The topological polar surface area (TPSA) is 179 Å². The van der Waals surface area contributed by atoms with Crippen molar-refractivity contribution in [3.8, 4) is 0 Å². The summed E-state index contributed by atoms with van der Waals surface area (Å²) in [6, 6.07) is 18.0. The van der Waals surface area contributed by atoms with Gasteiger partial charge in [0.25, 0.3) is 0 Å². The molecule has 2 aromatic carbocycles. The number of para-hydroxylation sites is 2. The second kappa shape index (κ2) is 31.1. The van der Waals surface area contributed by atoms with E-state index in [0.29, 0.717) is 23.5 Å². The summed E-state index contributed by atoms with van der Waals surface area (Å²) in [6.45, 7) is 2.90. The van der Waals surface area contributed by atoms with Crippen LogP contribution in [0.5, 0.6) is 0 Å². The van der Waals surface area contributed by atoms with Crippen molar-refractivity contribution in [2.75, 3.05) is 0 Å². The molecule has 10 nitrogen and oxygen atoms in total. The molecule has 0 saturated carbocycles. The third kappa shape index (κ3) is 34.7. The minimum absolute atomic E-state index is 0. The number of nitrogens with zero attached hydrogens (tertiary/aromatic N) is 2. The van der Waals surface area contributed by atoms with Crippen LogP contribution in [0.15, 0.2) is 95.5 Å². The first kappa shape index (κ1) is 42.3. The van der Waals surface area contributed by atoms with E-state index in [-0.39, 0.29) is 88.7 Å². The van der Waals surface area contributed by atoms with Gasteiger partial charge in [0.05, 0.1) is 29.3 Å². The van der Waals surface area contributed by atoms with Crippen LogP contribution in [0.25, 0.3) is 0 Å². The summed E-state index contributed by atoms with van der Waals surface area (Å²) >= 11 is 0. The normalized spacial score (nSPS) is 7.41. The van der Waals surface area contributed by atoms with Crippen molar-refractivity contribution in [1.82, 2.24) is 0 Å². The van der Waals surface area contributed by atoms with E-state index >= 15 is 0 Å². The monoisotopic (exact) mass is 492 g/mol. The molecule has 0 N–H and O–H groups in total. The van der Waals surface area contributed by atoms with Crippen LogP contribution >= 0.6 is 0 Å². The number of rotatable bonds is 5. The molecule has 0 aliphatic heterocycles. The third-order valence-electron chi connectivity index (χ3n) is 2.38. The molecular weight excluding hydrogens is 477 g/mol. The molecule has 34 heavy (non-hydrogen) atoms. The minimum atomic E-state index is -1.55. The number of aliphatic imine (C=N–C) groups is 2. The SMILES string of the molecule is C=CC(=O)[O-].O=C([O-])/C=C\C(=O)[O-].O=C=Nc1ccccc1.O=C=Nc1ccccc1.[Na+].[Na+].[Na+]. The molecule has 0 amide bonds. The van der Waals surface area contributed by atoms with E-state index in [0.717, 1.165) is 6.08 Å². The van der Waals surface area contributed by atoms with E-state index < -0.39 is 17.9 Å². The van der Waals surface area contributed by atoms with Crippen molar-refractivity contribution in [3.05, 3.63) is 85.5 Å². The van der Waals surface area contributed by atoms with E-state index in [9.17, 15) is 29.4 Å². The van der Waals surface area contributed by atoms with Gasteiger partial charge in [-0.15, -0.1) is 0 Å². The van der Waals surface area contributed by atoms with Gasteiger partial charge >= 0.3 is 88.7 Å². The summed E-state index contributed by atoms with van der Waals surface area (Å²) in [5.41, 5.74) is 1.29. The van der Waals surface area contributed by atoms with Crippen molar-refractivity contribution in [1.29, 1.82) is 0 Å². The fraction of sp³-hybridized carbons (Fsp3) is 0. The Labute approximate surface area is 262 Å². The van der Waals surface area contributed by atoms with Crippen LogP contribution in [0.4, 0.5) is 11.4 Å². The molecule has 0 atom stereocenters. The van der Waals surface area contributed by atoms with Gasteiger partial charge in [0, 0.05) is 0 Å². The summed E-state index contributed by atoms with van der Waals surface area (Å²) in [7, 11) is 0. The molecular formula is C21H15N2Na3O8. The number of hydrogen-bond acceptors (Lipinski definition) is 10. The van der Waals surface area contributed by atoms with Gasteiger partial charge in [-0.1, -0.05) is 43.0 Å².